The number of piperidine rings is 1. The molecule has 21 heavy (non-hydrogen) atoms. The van der Waals surface area contributed by atoms with Gasteiger partial charge in [-0.3, -0.25) is 4.79 Å². The van der Waals surface area contributed by atoms with Crippen molar-refractivity contribution in [3.05, 3.63) is 33.8 Å². The second-order valence-electron chi connectivity index (χ2n) is 4.88. The van der Waals surface area contributed by atoms with Crippen LogP contribution in [0.4, 0.5) is 22.0 Å². The zero-order valence-electron chi connectivity index (χ0n) is 10.7. The van der Waals surface area contributed by atoms with E-state index in [1.165, 1.54) is 0 Å². The zero-order chi connectivity index (χ0) is 15.8. The van der Waals surface area contributed by atoms with Gasteiger partial charge >= 0.3 is 6.18 Å². The summed E-state index contributed by atoms with van der Waals surface area (Å²) in [6.07, 6.45) is -4.29. The molecule has 1 amide bonds. The van der Waals surface area contributed by atoms with E-state index >= 15 is 0 Å². The first kappa shape index (κ1) is 16.2. The number of benzene rings is 1. The Morgan fingerprint density at radius 2 is 1.95 bits per heavy atom. The van der Waals surface area contributed by atoms with Crippen LogP contribution in [0.15, 0.2) is 16.6 Å². The minimum Gasteiger partial charge on any atom is -0.338 e. The lowest BCUT2D eigenvalue weighted by Crippen LogP contribution is -2.44. The number of halogens is 6. The van der Waals surface area contributed by atoms with Crippen LogP contribution in [-0.4, -0.2) is 30.1 Å². The minimum atomic E-state index is -4.40. The van der Waals surface area contributed by atoms with Gasteiger partial charge in [-0.05, 0) is 25.0 Å². The van der Waals surface area contributed by atoms with Crippen molar-refractivity contribution in [1.82, 2.24) is 4.90 Å². The van der Waals surface area contributed by atoms with Crippen molar-refractivity contribution in [2.75, 3.05) is 13.1 Å². The highest BCUT2D eigenvalue weighted by molar-refractivity contribution is 9.10. The fraction of sp³-hybridized carbons (Fsp3) is 0.462. The molecule has 1 aliphatic rings. The number of carbonyl (C=O) groups is 1. The Morgan fingerprint density at radius 1 is 1.29 bits per heavy atom. The molecule has 2 nitrogen and oxygen atoms in total. The molecule has 0 aliphatic carbocycles. The Hall–Kier alpha value is -1.18. The van der Waals surface area contributed by atoms with Gasteiger partial charge in [0, 0.05) is 17.6 Å². The molecule has 0 N–H and O–H groups in total. The maximum Gasteiger partial charge on any atom is 0.393 e. The highest BCUT2D eigenvalue weighted by atomic mass is 79.9. The van der Waals surface area contributed by atoms with Gasteiger partial charge in [0.1, 0.15) is 0 Å². The molecule has 116 valence electrons. The third-order valence-corrected chi connectivity index (χ3v) is 3.85. The Morgan fingerprint density at radius 3 is 2.57 bits per heavy atom. The third kappa shape index (κ3) is 3.53. The molecule has 0 saturated carbocycles. The van der Waals surface area contributed by atoms with Crippen LogP contribution >= 0.6 is 15.9 Å². The van der Waals surface area contributed by atoms with Crippen LogP contribution in [0.3, 0.4) is 0 Å². The molecule has 1 aromatic rings. The molecule has 1 fully saturated rings. The monoisotopic (exact) mass is 371 g/mol. The van der Waals surface area contributed by atoms with Crippen molar-refractivity contribution in [3.8, 4) is 0 Å². The number of amides is 1. The first-order valence-corrected chi connectivity index (χ1v) is 7.00. The van der Waals surface area contributed by atoms with Crippen molar-refractivity contribution >= 4 is 21.8 Å². The van der Waals surface area contributed by atoms with E-state index < -0.39 is 41.7 Å². The fourth-order valence-corrected chi connectivity index (χ4v) is 2.74. The molecule has 2 rings (SSSR count). The summed E-state index contributed by atoms with van der Waals surface area (Å²) in [4.78, 5) is 13.1. The van der Waals surface area contributed by atoms with E-state index in [4.69, 9.17) is 0 Å². The summed E-state index contributed by atoms with van der Waals surface area (Å²) in [5.74, 6) is -5.13. The molecule has 0 radical (unpaired) electrons. The van der Waals surface area contributed by atoms with E-state index in [-0.39, 0.29) is 23.9 Å². The van der Waals surface area contributed by atoms with Crippen LogP contribution in [0.1, 0.15) is 23.2 Å². The van der Waals surface area contributed by atoms with E-state index in [9.17, 15) is 26.7 Å². The van der Waals surface area contributed by atoms with Crippen molar-refractivity contribution in [1.29, 1.82) is 0 Å². The van der Waals surface area contributed by atoms with Crippen LogP contribution in [0.5, 0.6) is 0 Å². The van der Waals surface area contributed by atoms with Gasteiger partial charge in [-0.2, -0.15) is 13.2 Å². The Kier molecular flexibility index (Phi) is 4.55. The lowest BCUT2D eigenvalue weighted by molar-refractivity contribution is -0.184. The molecule has 0 bridgehead atoms. The predicted molar refractivity (Wildman–Crippen MR) is 68.7 cm³/mol. The molecule has 1 saturated heterocycles. The van der Waals surface area contributed by atoms with Gasteiger partial charge in [0.2, 0.25) is 0 Å². The first-order chi connectivity index (χ1) is 9.70. The summed E-state index contributed by atoms with van der Waals surface area (Å²) in [7, 11) is 0. The molecule has 0 spiro atoms. The van der Waals surface area contributed by atoms with E-state index in [2.05, 4.69) is 15.9 Å². The second-order valence-corrected chi connectivity index (χ2v) is 5.80. The third-order valence-electron chi connectivity index (χ3n) is 3.39. The van der Waals surface area contributed by atoms with Crippen LogP contribution in [0.2, 0.25) is 0 Å². The largest absolute Gasteiger partial charge is 0.393 e. The number of alkyl halides is 3. The summed E-state index contributed by atoms with van der Waals surface area (Å²) < 4.78 is 65.2. The van der Waals surface area contributed by atoms with Crippen LogP contribution < -0.4 is 0 Å². The topological polar surface area (TPSA) is 20.3 Å². The Bertz CT molecular complexity index is 560. The van der Waals surface area contributed by atoms with Crippen molar-refractivity contribution < 1.29 is 26.7 Å². The Labute approximate surface area is 126 Å². The van der Waals surface area contributed by atoms with Crippen LogP contribution in [-0.2, 0) is 0 Å². The average Bonchev–Trinajstić information content (AvgIpc) is 2.41. The van der Waals surface area contributed by atoms with Crippen LogP contribution in [0.25, 0.3) is 0 Å². The van der Waals surface area contributed by atoms with Gasteiger partial charge in [0.25, 0.3) is 5.91 Å². The highest BCUT2D eigenvalue weighted by Crippen LogP contribution is 2.34. The molecular weight excluding hydrogens is 361 g/mol. The molecule has 1 unspecified atom stereocenters. The van der Waals surface area contributed by atoms with E-state index in [1.54, 1.807) is 0 Å². The quantitative estimate of drug-likeness (QED) is 0.536. The zero-order valence-corrected chi connectivity index (χ0v) is 12.3. The number of hydrogen-bond acceptors (Lipinski definition) is 1. The maximum absolute atomic E-state index is 13.7. The number of carbonyl (C=O) groups excluding carboxylic acids is 1. The number of rotatable bonds is 1. The second kappa shape index (κ2) is 5.90. The van der Waals surface area contributed by atoms with Gasteiger partial charge in [-0.1, -0.05) is 15.9 Å². The normalized spacial score (nSPS) is 19.7. The van der Waals surface area contributed by atoms with Crippen molar-refractivity contribution in [2.24, 2.45) is 5.92 Å². The summed E-state index contributed by atoms with van der Waals surface area (Å²) in [5, 5.41) is 0. The van der Waals surface area contributed by atoms with Gasteiger partial charge < -0.3 is 4.90 Å². The van der Waals surface area contributed by atoms with Crippen molar-refractivity contribution in [3.63, 3.8) is 0 Å². The molecule has 1 aromatic carbocycles. The summed E-state index contributed by atoms with van der Waals surface area (Å²) in [5.41, 5.74) is -0.565. The standard InChI is InChI=1S/C13H11BrF5NO/c14-8-4-9(11(16)10(15)5-8)12(21)20-3-1-2-7(6-20)13(17,18)19/h4-5,7H,1-3,6H2. The fourth-order valence-electron chi connectivity index (χ4n) is 2.31. The lowest BCUT2D eigenvalue weighted by atomic mass is 9.97. The van der Waals surface area contributed by atoms with E-state index in [1.807, 2.05) is 0 Å². The highest BCUT2D eigenvalue weighted by Gasteiger charge is 2.43. The van der Waals surface area contributed by atoms with Crippen molar-refractivity contribution in [2.45, 2.75) is 19.0 Å². The maximum atomic E-state index is 13.7. The first-order valence-electron chi connectivity index (χ1n) is 6.20. The summed E-state index contributed by atoms with van der Waals surface area (Å²) in [6, 6.07) is 1.92. The summed E-state index contributed by atoms with van der Waals surface area (Å²) >= 11 is 2.93. The molecular formula is C13H11BrF5NO. The minimum absolute atomic E-state index is 0.0669. The molecule has 1 atom stereocenters. The van der Waals surface area contributed by atoms with Gasteiger partial charge in [0.05, 0.1) is 11.5 Å². The summed E-state index contributed by atoms with van der Waals surface area (Å²) in [6.45, 7) is -0.436. The SMILES string of the molecule is O=C(c1cc(Br)cc(F)c1F)N1CCCC(C(F)(F)F)C1. The predicted octanol–water partition coefficient (Wildman–Crippen LogP) is 4.14. The van der Waals surface area contributed by atoms with E-state index in [0.717, 1.165) is 17.0 Å². The smallest absolute Gasteiger partial charge is 0.338 e. The molecule has 8 heteroatoms. The molecule has 0 aromatic heterocycles. The van der Waals surface area contributed by atoms with Crippen LogP contribution in [0, 0.1) is 17.6 Å². The Balaban J connectivity index is 2.24. The van der Waals surface area contributed by atoms with Gasteiger partial charge in [0.15, 0.2) is 11.6 Å². The average molecular weight is 372 g/mol. The van der Waals surface area contributed by atoms with Gasteiger partial charge in [-0.15, -0.1) is 0 Å². The number of likely N-dealkylation sites (tertiary alicyclic amines) is 1. The van der Waals surface area contributed by atoms with Gasteiger partial charge in [-0.25, -0.2) is 8.78 Å². The lowest BCUT2D eigenvalue weighted by Gasteiger charge is -2.33. The molecule has 1 heterocycles. The van der Waals surface area contributed by atoms with E-state index in [0.29, 0.717) is 0 Å². The molecule has 1 aliphatic heterocycles. The number of nitrogens with zero attached hydrogens (tertiary/aromatic N) is 1. The number of hydrogen-bond donors (Lipinski definition) is 0.